The maximum atomic E-state index is 12.7. The SMILES string of the molecule is CN1C(=O)CCC[C@@]12CCCN(C(=O)c1cccn1C)C2. The van der Waals surface area contributed by atoms with Crippen LogP contribution in [0.15, 0.2) is 18.3 Å². The Bertz CT molecular complexity index is 562. The zero-order valence-electron chi connectivity index (χ0n) is 12.8. The number of likely N-dealkylation sites (N-methyl/N-ethyl adjacent to an activating group) is 1. The highest BCUT2D eigenvalue weighted by atomic mass is 16.2. The highest BCUT2D eigenvalue weighted by Crippen LogP contribution is 2.36. The molecule has 0 N–H and O–H groups in total. The van der Waals surface area contributed by atoms with Crippen LogP contribution in [0.4, 0.5) is 0 Å². The van der Waals surface area contributed by atoms with Crippen molar-refractivity contribution >= 4 is 11.8 Å². The van der Waals surface area contributed by atoms with Gasteiger partial charge in [0.25, 0.3) is 5.91 Å². The van der Waals surface area contributed by atoms with E-state index in [-0.39, 0.29) is 17.4 Å². The summed E-state index contributed by atoms with van der Waals surface area (Å²) in [5.74, 6) is 0.294. The zero-order valence-corrected chi connectivity index (χ0v) is 12.8. The molecular weight excluding hydrogens is 266 g/mol. The van der Waals surface area contributed by atoms with Crippen molar-refractivity contribution in [2.45, 2.75) is 37.6 Å². The van der Waals surface area contributed by atoms with Crippen LogP contribution in [0.2, 0.25) is 0 Å². The first-order valence-electron chi connectivity index (χ1n) is 7.71. The van der Waals surface area contributed by atoms with Gasteiger partial charge in [0.05, 0.1) is 5.54 Å². The number of rotatable bonds is 1. The minimum atomic E-state index is -0.144. The Morgan fingerprint density at radius 2 is 2.00 bits per heavy atom. The molecule has 2 aliphatic rings. The third-order valence-corrected chi connectivity index (χ3v) is 5.12. The molecule has 2 aliphatic heterocycles. The van der Waals surface area contributed by atoms with Crippen molar-refractivity contribution in [3.63, 3.8) is 0 Å². The Hall–Kier alpha value is -1.78. The third kappa shape index (κ3) is 2.34. The summed E-state index contributed by atoms with van der Waals surface area (Å²) >= 11 is 0. The van der Waals surface area contributed by atoms with Crippen LogP contribution in [0.1, 0.15) is 42.6 Å². The number of nitrogens with zero attached hydrogens (tertiary/aromatic N) is 3. The molecule has 5 nitrogen and oxygen atoms in total. The van der Waals surface area contributed by atoms with Gasteiger partial charge >= 0.3 is 0 Å². The molecule has 1 atom stereocenters. The van der Waals surface area contributed by atoms with Gasteiger partial charge < -0.3 is 14.4 Å². The van der Waals surface area contributed by atoms with Gasteiger partial charge in [0.15, 0.2) is 0 Å². The second-order valence-electron chi connectivity index (χ2n) is 6.37. The van der Waals surface area contributed by atoms with Crippen molar-refractivity contribution in [1.82, 2.24) is 14.4 Å². The first-order valence-corrected chi connectivity index (χ1v) is 7.71. The smallest absolute Gasteiger partial charge is 0.270 e. The van der Waals surface area contributed by atoms with E-state index >= 15 is 0 Å². The Morgan fingerprint density at radius 1 is 1.24 bits per heavy atom. The van der Waals surface area contributed by atoms with E-state index in [0.29, 0.717) is 13.0 Å². The Balaban J connectivity index is 1.81. The van der Waals surface area contributed by atoms with E-state index in [4.69, 9.17) is 0 Å². The number of hydrogen-bond acceptors (Lipinski definition) is 2. The van der Waals surface area contributed by atoms with Gasteiger partial charge in [-0.25, -0.2) is 0 Å². The maximum Gasteiger partial charge on any atom is 0.270 e. The van der Waals surface area contributed by atoms with Gasteiger partial charge in [-0.15, -0.1) is 0 Å². The van der Waals surface area contributed by atoms with E-state index in [1.54, 1.807) is 0 Å². The van der Waals surface area contributed by atoms with Crippen LogP contribution in [0.3, 0.4) is 0 Å². The van der Waals surface area contributed by atoms with Crippen molar-refractivity contribution in [1.29, 1.82) is 0 Å². The van der Waals surface area contributed by atoms with Crippen LogP contribution in [0, 0.1) is 0 Å². The summed E-state index contributed by atoms with van der Waals surface area (Å²) in [6.07, 6.45) is 6.45. The third-order valence-electron chi connectivity index (χ3n) is 5.12. The molecule has 2 saturated heterocycles. The van der Waals surface area contributed by atoms with Gasteiger partial charge in [0.2, 0.25) is 5.91 Å². The zero-order chi connectivity index (χ0) is 15.0. The van der Waals surface area contributed by atoms with E-state index in [0.717, 1.165) is 37.9 Å². The van der Waals surface area contributed by atoms with Gasteiger partial charge in [-0.3, -0.25) is 9.59 Å². The second kappa shape index (κ2) is 5.20. The van der Waals surface area contributed by atoms with Crippen molar-refractivity contribution in [3.05, 3.63) is 24.0 Å². The molecular formula is C16H23N3O2. The predicted molar refractivity (Wildman–Crippen MR) is 79.9 cm³/mol. The average Bonchev–Trinajstić information content (AvgIpc) is 2.90. The number of hydrogen-bond donors (Lipinski definition) is 0. The summed E-state index contributed by atoms with van der Waals surface area (Å²) in [5, 5.41) is 0. The molecule has 5 heteroatoms. The van der Waals surface area contributed by atoms with E-state index in [1.165, 1.54) is 0 Å². The van der Waals surface area contributed by atoms with Crippen molar-refractivity contribution < 1.29 is 9.59 Å². The fourth-order valence-electron chi connectivity index (χ4n) is 3.78. The van der Waals surface area contributed by atoms with Gasteiger partial charge in [-0.05, 0) is 37.8 Å². The molecule has 2 amide bonds. The predicted octanol–water partition coefficient (Wildman–Crippen LogP) is 1.64. The topological polar surface area (TPSA) is 45.6 Å². The second-order valence-corrected chi connectivity index (χ2v) is 6.37. The quantitative estimate of drug-likeness (QED) is 0.789. The summed E-state index contributed by atoms with van der Waals surface area (Å²) in [6, 6.07) is 3.75. The van der Waals surface area contributed by atoms with Crippen LogP contribution in [0.5, 0.6) is 0 Å². The summed E-state index contributed by atoms with van der Waals surface area (Å²) in [5.41, 5.74) is 0.575. The van der Waals surface area contributed by atoms with Crippen molar-refractivity contribution in [3.8, 4) is 0 Å². The van der Waals surface area contributed by atoms with Crippen molar-refractivity contribution in [2.24, 2.45) is 7.05 Å². The highest BCUT2D eigenvalue weighted by Gasteiger charge is 2.44. The molecule has 0 radical (unpaired) electrons. The minimum absolute atomic E-state index is 0.0768. The number of carbonyl (C=O) groups excluding carboxylic acids is 2. The van der Waals surface area contributed by atoms with Gasteiger partial charge in [-0.1, -0.05) is 0 Å². The number of likely N-dealkylation sites (tertiary alicyclic amines) is 2. The fraction of sp³-hybridized carbons (Fsp3) is 0.625. The average molecular weight is 289 g/mol. The van der Waals surface area contributed by atoms with Crippen LogP contribution in [-0.4, -0.2) is 51.9 Å². The summed E-state index contributed by atoms with van der Waals surface area (Å²) < 4.78 is 1.86. The molecule has 1 spiro atoms. The van der Waals surface area contributed by atoms with Crippen LogP contribution in [0.25, 0.3) is 0 Å². The molecule has 0 aromatic carbocycles. The molecule has 2 fully saturated rings. The Morgan fingerprint density at radius 3 is 2.71 bits per heavy atom. The van der Waals surface area contributed by atoms with Crippen LogP contribution >= 0.6 is 0 Å². The van der Waals surface area contributed by atoms with E-state index in [2.05, 4.69) is 0 Å². The molecule has 0 unspecified atom stereocenters. The minimum Gasteiger partial charge on any atom is -0.347 e. The highest BCUT2D eigenvalue weighted by molar-refractivity contribution is 5.93. The van der Waals surface area contributed by atoms with E-state index in [9.17, 15) is 9.59 Å². The monoisotopic (exact) mass is 289 g/mol. The largest absolute Gasteiger partial charge is 0.347 e. The molecule has 0 bridgehead atoms. The molecule has 1 aromatic rings. The number of piperidine rings is 2. The molecule has 0 saturated carbocycles. The van der Waals surface area contributed by atoms with E-state index in [1.807, 2.05) is 46.8 Å². The lowest BCUT2D eigenvalue weighted by atomic mass is 9.80. The number of amides is 2. The van der Waals surface area contributed by atoms with Gasteiger partial charge in [-0.2, -0.15) is 0 Å². The van der Waals surface area contributed by atoms with Gasteiger partial charge in [0.1, 0.15) is 5.69 Å². The standard InChI is InChI=1S/C16H23N3O2/c1-17-10-4-6-13(17)15(21)19-11-5-9-16(12-19)8-3-7-14(20)18(16)2/h4,6,10H,3,5,7-9,11-12H2,1-2H3/t16-/m0/s1. The number of aromatic nitrogens is 1. The lowest BCUT2D eigenvalue weighted by Crippen LogP contribution is -2.61. The normalized spacial score (nSPS) is 26.5. The molecule has 1 aromatic heterocycles. The molecule has 3 heterocycles. The Kier molecular flexibility index (Phi) is 3.51. The fourth-order valence-corrected chi connectivity index (χ4v) is 3.78. The van der Waals surface area contributed by atoms with Crippen LogP contribution < -0.4 is 0 Å². The number of carbonyl (C=O) groups is 2. The molecule has 3 rings (SSSR count). The van der Waals surface area contributed by atoms with E-state index < -0.39 is 0 Å². The number of aryl methyl sites for hydroxylation is 1. The summed E-state index contributed by atoms with van der Waals surface area (Å²) in [7, 11) is 3.79. The molecule has 21 heavy (non-hydrogen) atoms. The Labute approximate surface area is 125 Å². The first kappa shape index (κ1) is 14.2. The first-order chi connectivity index (χ1) is 10.0. The van der Waals surface area contributed by atoms with Gasteiger partial charge in [0, 0.05) is 39.8 Å². The summed E-state index contributed by atoms with van der Waals surface area (Å²) in [6.45, 7) is 1.45. The lowest BCUT2D eigenvalue weighted by molar-refractivity contribution is -0.142. The lowest BCUT2D eigenvalue weighted by Gasteiger charge is -2.50. The molecule has 0 aliphatic carbocycles. The summed E-state index contributed by atoms with van der Waals surface area (Å²) in [4.78, 5) is 28.6. The maximum absolute atomic E-state index is 12.7. The van der Waals surface area contributed by atoms with Crippen LogP contribution in [-0.2, 0) is 11.8 Å². The van der Waals surface area contributed by atoms with Crippen molar-refractivity contribution in [2.75, 3.05) is 20.1 Å². The molecule has 114 valence electrons.